The number of nitrogens with one attached hydrogen (secondary N) is 1. The molecular weight excluding hydrogens is 350 g/mol. The smallest absolute Gasteiger partial charge is 0.357 e. The van der Waals surface area contributed by atoms with Crippen molar-refractivity contribution in [1.29, 1.82) is 0 Å². The highest BCUT2D eigenvalue weighted by atomic mass is 16.6. The zero-order chi connectivity index (χ0) is 19.4. The van der Waals surface area contributed by atoms with E-state index < -0.39 is 10.9 Å². The minimum Gasteiger partial charge on any atom is -0.497 e. The fourth-order valence-electron chi connectivity index (χ4n) is 2.59. The molecular formula is C19H17N3O5. The van der Waals surface area contributed by atoms with Gasteiger partial charge in [-0.15, -0.1) is 0 Å². The molecule has 0 spiro atoms. The highest BCUT2D eigenvalue weighted by molar-refractivity contribution is 5.95. The number of hydrogen-bond acceptors (Lipinski definition) is 6. The average molecular weight is 367 g/mol. The van der Waals surface area contributed by atoms with Crippen molar-refractivity contribution in [3.05, 3.63) is 64.3 Å². The first kappa shape index (κ1) is 18.1. The van der Waals surface area contributed by atoms with Crippen LogP contribution in [-0.2, 0) is 4.74 Å². The lowest BCUT2D eigenvalue weighted by Gasteiger charge is -2.04. The monoisotopic (exact) mass is 367 g/mol. The van der Waals surface area contributed by atoms with Crippen LogP contribution in [0, 0.1) is 10.1 Å². The number of hydrogen-bond donors (Lipinski definition) is 1. The van der Waals surface area contributed by atoms with Crippen molar-refractivity contribution in [2.24, 2.45) is 0 Å². The summed E-state index contributed by atoms with van der Waals surface area (Å²) in [4.78, 5) is 30.3. The third-order valence-corrected chi connectivity index (χ3v) is 3.88. The summed E-state index contributed by atoms with van der Waals surface area (Å²) in [6.45, 7) is 1.93. The molecule has 1 N–H and O–H groups in total. The van der Waals surface area contributed by atoms with Gasteiger partial charge in [0.1, 0.15) is 17.3 Å². The summed E-state index contributed by atoms with van der Waals surface area (Å²) >= 11 is 0. The van der Waals surface area contributed by atoms with Crippen LogP contribution < -0.4 is 4.74 Å². The van der Waals surface area contributed by atoms with E-state index in [-0.39, 0.29) is 18.0 Å². The van der Waals surface area contributed by atoms with E-state index in [4.69, 9.17) is 9.47 Å². The van der Waals surface area contributed by atoms with Gasteiger partial charge in [0, 0.05) is 23.3 Å². The number of benzene rings is 2. The molecule has 0 unspecified atom stereocenters. The summed E-state index contributed by atoms with van der Waals surface area (Å²) < 4.78 is 10.3. The lowest BCUT2D eigenvalue weighted by atomic mass is 10.1. The van der Waals surface area contributed by atoms with Crippen LogP contribution in [0.1, 0.15) is 17.4 Å². The normalized spacial score (nSPS) is 10.4. The standard InChI is InChI=1S/C19H17N3O5/c1-3-27-19(23)17-16(12-7-9-15(26-2)10-8-12)20-18(21-17)13-5-4-6-14(11-13)22(24)25/h4-11H,3H2,1-2H3,(H,20,21). The summed E-state index contributed by atoms with van der Waals surface area (Å²) in [7, 11) is 1.56. The number of carbonyl (C=O) groups excluding carboxylic acids is 1. The molecule has 0 aliphatic carbocycles. The molecule has 3 rings (SSSR count). The fraction of sp³-hybridized carbons (Fsp3) is 0.158. The van der Waals surface area contributed by atoms with Crippen molar-refractivity contribution in [1.82, 2.24) is 9.97 Å². The van der Waals surface area contributed by atoms with Crippen LogP contribution >= 0.6 is 0 Å². The second-order valence-electron chi connectivity index (χ2n) is 5.57. The number of non-ortho nitro benzene ring substituents is 1. The number of nitro groups is 1. The molecule has 1 aromatic heterocycles. The molecule has 0 amide bonds. The maximum atomic E-state index is 12.4. The van der Waals surface area contributed by atoms with Crippen LogP contribution in [0.2, 0.25) is 0 Å². The number of carbonyl (C=O) groups is 1. The number of imidazole rings is 1. The van der Waals surface area contributed by atoms with Crippen LogP contribution in [0.3, 0.4) is 0 Å². The summed E-state index contributed by atoms with van der Waals surface area (Å²) in [6.07, 6.45) is 0. The quantitative estimate of drug-likeness (QED) is 0.403. The van der Waals surface area contributed by atoms with Gasteiger partial charge in [0.05, 0.1) is 18.6 Å². The van der Waals surface area contributed by atoms with Gasteiger partial charge in [0.15, 0.2) is 5.69 Å². The molecule has 0 saturated carbocycles. The van der Waals surface area contributed by atoms with Gasteiger partial charge in [-0.3, -0.25) is 10.1 Å². The molecule has 2 aromatic carbocycles. The number of esters is 1. The zero-order valence-electron chi connectivity index (χ0n) is 14.8. The Balaban J connectivity index is 2.10. The second-order valence-corrected chi connectivity index (χ2v) is 5.57. The second kappa shape index (κ2) is 7.69. The van der Waals surface area contributed by atoms with E-state index in [2.05, 4.69) is 9.97 Å². The van der Waals surface area contributed by atoms with Crippen molar-refractivity contribution in [3.8, 4) is 28.4 Å². The molecule has 0 saturated heterocycles. The molecule has 3 aromatic rings. The molecule has 8 nitrogen and oxygen atoms in total. The van der Waals surface area contributed by atoms with E-state index in [1.54, 1.807) is 50.4 Å². The first-order valence-electron chi connectivity index (χ1n) is 8.20. The number of aromatic nitrogens is 2. The lowest BCUT2D eigenvalue weighted by molar-refractivity contribution is -0.384. The molecule has 0 aliphatic rings. The summed E-state index contributed by atoms with van der Waals surface area (Å²) in [5.41, 5.74) is 1.70. The summed E-state index contributed by atoms with van der Waals surface area (Å²) in [6, 6.07) is 13.1. The molecule has 0 aliphatic heterocycles. The van der Waals surface area contributed by atoms with E-state index in [0.29, 0.717) is 28.4 Å². The van der Waals surface area contributed by atoms with Crippen LogP contribution in [-0.4, -0.2) is 34.6 Å². The first-order chi connectivity index (χ1) is 13.0. The van der Waals surface area contributed by atoms with Crippen LogP contribution in [0.25, 0.3) is 22.6 Å². The molecule has 0 atom stereocenters. The Morgan fingerprint density at radius 1 is 1.19 bits per heavy atom. The van der Waals surface area contributed by atoms with E-state index >= 15 is 0 Å². The highest BCUT2D eigenvalue weighted by Crippen LogP contribution is 2.29. The SMILES string of the molecule is CCOC(=O)c1[nH]c(-c2cccc([N+](=O)[O-])c2)nc1-c1ccc(OC)cc1. The van der Waals surface area contributed by atoms with Crippen molar-refractivity contribution in [2.75, 3.05) is 13.7 Å². The topological polar surface area (TPSA) is 107 Å². The Hall–Kier alpha value is -3.68. The van der Waals surface area contributed by atoms with Crippen LogP contribution in [0.15, 0.2) is 48.5 Å². The lowest BCUT2D eigenvalue weighted by Crippen LogP contribution is -2.06. The largest absolute Gasteiger partial charge is 0.497 e. The Morgan fingerprint density at radius 2 is 1.93 bits per heavy atom. The molecule has 138 valence electrons. The van der Waals surface area contributed by atoms with Gasteiger partial charge in [-0.2, -0.15) is 0 Å². The number of methoxy groups -OCH3 is 1. The fourth-order valence-corrected chi connectivity index (χ4v) is 2.59. The van der Waals surface area contributed by atoms with Crippen molar-refractivity contribution >= 4 is 11.7 Å². The number of nitro benzene ring substituents is 1. The van der Waals surface area contributed by atoms with E-state index in [9.17, 15) is 14.9 Å². The third-order valence-electron chi connectivity index (χ3n) is 3.88. The van der Waals surface area contributed by atoms with Gasteiger partial charge in [0.2, 0.25) is 0 Å². The molecule has 0 bridgehead atoms. The Kier molecular flexibility index (Phi) is 5.16. The third kappa shape index (κ3) is 3.79. The molecule has 27 heavy (non-hydrogen) atoms. The average Bonchev–Trinajstić information content (AvgIpc) is 3.14. The minimum atomic E-state index is -0.549. The van der Waals surface area contributed by atoms with Crippen molar-refractivity contribution < 1.29 is 19.2 Å². The molecule has 0 radical (unpaired) electrons. The Labute approximate surface area is 154 Å². The Morgan fingerprint density at radius 3 is 2.56 bits per heavy atom. The maximum Gasteiger partial charge on any atom is 0.357 e. The predicted octanol–water partition coefficient (Wildman–Crippen LogP) is 3.84. The summed E-state index contributed by atoms with van der Waals surface area (Å²) in [5.74, 6) is 0.464. The van der Waals surface area contributed by atoms with Gasteiger partial charge in [0.25, 0.3) is 5.69 Å². The maximum absolute atomic E-state index is 12.4. The van der Waals surface area contributed by atoms with Crippen LogP contribution in [0.5, 0.6) is 5.75 Å². The number of nitrogens with zero attached hydrogens (tertiary/aromatic N) is 2. The van der Waals surface area contributed by atoms with Crippen molar-refractivity contribution in [3.63, 3.8) is 0 Å². The number of aromatic amines is 1. The van der Waals surface area contributed by atoms with Crippen molar-refractivity contribution in [2.45, 2.75) is 6.92 Å². The molecule has 1 heterocycles. The zero-order valence-corrected chi connectivity index (χ0v) is 14.8. The van der Waals surface area contributed by atoms with E-state index in [1.165, 1.54) is 12.1 Å². The van der Waals surface area contributed by atoms with Gasteiger partial charge < -0.3 is 14.5 Å². The first-order valence-corrected chi connectivity index (χ1v) is 8.20. The summed E-state index contributed by atoms with van der Waals surface area (Å²) in [5, 5.41) is 11.0. The highest BCUT2D eigenvalue weighted by Gasteiger charge is 2.21. The van der Waals surface area contributed by atoms with E-state index in [0.717, 1.165) is 0 Å². The number of ether oxygens (including phenoxy) is 2. The predicted molar refractivity (Wildman–Crippen MR) is 98.6 cm³/mol. The number of rotatable bonds is 6. The van der Waals surface area contributed by atoms with Gasteiger partial charge in [-0.25, -0.2) is 9.78 Å². The molecule has 0 fully saturated rings. The molecule has 8 heteroatoms. The Bertz CT molecular complexity index is 979. The van der Waals surface area contributed by atoms with Gasteiger partial charge >= 0.3 is 5.97 Å². The minimum absolute atomic E-state index is 0.0624. The number of H-pyrrole nitrogens is 1. The van der Waals surface area contributed by atoms with Gasteiger partial charge in [-0.1, -0.05) is 12.1 Å². The van der Waals surface area contributed by atoms with Gasteiger partial charge in [-0.05, 0) is 31.2 Å². The van der Waals surface area contributed by atoms with E-state index in [1.807, 2.05) is 0 Å². The van der Waals surface area contributed by atoms with Crippen LogP contribution in [0.4, 0.5) is 5.69 Å².